The number of halogens is 1. The van der Waals surface area contributed by atoms with E-state index in [-0.39, 0.29) is 23.5 Å². The summed E-state index contributed by atoms with van der Waals surface area (Å²) in [4.78, 5) is 33.8. The number of hydrogen-bond donors (Lipinski definition) is 3. The minimum absolute atomic E-state index is 0.0566. The molecule has 0 saturated heterocycles. The van der Waals surface area contributed by atoms with Gasteiger partial charge >= 0.3 is 5.69 Å². The number of phenolic OH excluding ortho intramolecular Hbond substituents is 1. The lowest BCUT2D eigenvalue weighted by atomic mass is 10.2. The van der Waals surface area contributed by atoms with Crippen LogP contribution in [0.4, 0.5) is 10.1 Å². The van der Waals surface area contributed by atoms with E-state index in [1.165, 1.54) is 24.3 Å². The number of hydrazone groups is 1. The Kier molecular flexibility index (Phi) is 7.18. The maximum atomic E-state index is 13.1. The summed E-state index contributed by atoms with van der Waals surface area (Å²) in [7, 11) is 0. The molecule has 0 aliphatic carbocycles. The molecule has 0 atom stereocenters. The lowest BCUT2D eigenvalue weighted by Gasteiger charge is -2.07. The second kappa shape index (κ2) is 9.78. The van der Waals surface area contributed by atoms with Crippen LogP contribution in [0.5, 0.6) is 11.5 Å². The fourth-order valence-corrected chi connectivity index (χ4v) is 2.20. The van der Waals surface area contributed by atoms with Crippen LogP contribution >= 0.6 is 0 Å². The van der Waals surface area contributed by atoms with Crippen LogP contribution < -0.4 is 15.5 Å². The molecular formula is C18H17FN4O6. The number of ether oxygens (including phenoxy) is 1. The van der Waals surface area contributed by atoms with Gasteiger partial charge in [-0.2, -0.15) is 5.10 Å². The number of nitro groups is 1. The zero-order valence-corrected chi connectivity index (χ0v) is 15.2. The average molecular weight is 404 g/mol. The zero-order valence-electron chi connectivity index (χ0n) is 15.2. The Morgan fingerprint density at radius 3 is 2.76 bits per heavy atom. The molecule has 0 spiro atoms. The number of carbonyl (C=O) groups excluding carboxylic acids is 2. The Morgan fingerprint density at radius 1 is 1.34 bits per heavy atom. The number of phenols is 1. The van der Waals surface area contributed by atoms with Gasteiger partial charge in [-0.3, -0.25) is 19.7 Å². The number of nitrogens with one attached hydrogen (secondary N) is 2. The highest BCUT2D eigenvalue weighted by Gasteiger charge is 2.19. The first kappa shape index (κ1) is 21.3. The van der Waals surface area contributed by atoms with E-state index in [0.29, 0.717) is 0 Å². The predicted molar refractivity (Wildman–Crippen MR) is 100 cm³/mol. The normalized spacial score (nSPS) is 10.6. The second-order valence-corrected chi connectivity index (χ2v) is 5.56. The first-order valence-electron chi connectivity index (χ1n) is 8.31. The van der Waals surface area contributed by atoms with Gasteiger partial charge in [0.25, 0.3) is 11.8 Å². The number of nitrogens with zero attached hydrogens (tertiary/aromatic N) is 2. The molecule has 0 aliphatic heterocycles. The minimum Gasteiger partial charge on any atom is -0.500 e. The third kappa shape index (κ3) is 5.99. The summed E-state index contributed by atoms with van der Waals surface area (Å²) in [6.45, 7) is 1.39. The summed E-state index contributed by atoms with van der Waals surface area (Å²) < 4.78 is 18.2. The molecule has 10 nitrogen and oxygen atoms in total. The van der Waals surface area contributed by atoms with Gasteiger partial charge in [0.05, 0.1) is 24.3 Å². The molecule has 11 heteroatoms. The standard InChI is InChI=1S/C18H17FN4O6/c1-2-29-15-7-11(6-14(17(15)25)23(27)28)9-21-22-16(24)10-20-18(26)12-4-3-5-13(19)8-12/h3-9,25H,2,10H2,1H3,(H,20,26)(H,22,24)/b21-9+. The predicted octanol–water partition coefficient (Wildman–Crippen LogP) is 1.72. The van der Waals surface area contributed by atoms with Gasteiger partial charge in [0, 0.05) is 17.2 Å². The third-order valence-corrected chi connectivity index (χ3v) is 3.47. The number of rotatable bonds is 8. The van der Waals surface area contributed by atoms with Crippen molar-refractivity contribution in [2.24, 2.45) is 5.10 Å². The Labute approximate surface area is 164 Å². The minimum atomic E-state index is -0.782. The fraction of sp³-hybridized carbons (Fsp3) is 0.167. The van der Waals surface area contributed by atoms with Gasteiger partial charge in [-0.05, 0) is 31.2 Å². The van der Waals surface area contributed by atoms with Crippen molar-refractivity contribution in [3.8, 4) is 11.5 Å². The van der Waals surface area contributed by atoms with Crippen LogP contribution in [0, 0.1) is 15.9 Å². The van der Waals surface area contributed by atoms with Gasteiger partial charge < -0.3 is 15.2 Å². The summed E-state index contributed by atoms with van der Waals surface area (Å²) >= 11 is 0. The molecule has 0 saturated carbocycles. The molecule has 0 fully saturated rings. The van der Waals surface area contributed by atoms with E-state index in [1.807, 2.05) is 0 Å². The Bertz CT molecular complexity index is 963. The number of carbonyl (C=O) groups is 2. The first-order chi connectivity index (χ1) is 13.8. The van der Waals surface area contributed by atoms with Crippen molar-refractivity contribution in [3.05, 3.63) is 63.5 Å². The molecule has 0 bridgehead atoms. The van der Waals surface area contributed by atoms with Crippen LogP contribution in [-0.4, -0.2) is 41.2 Å². The highest BCUT2D eigenvalue weighted by Crippen LogP contribution is 2.36. The lowest BCUT2D eigenvalue weighted by Crippen LogP contribution is -2.34. The lowest BCUT2D eigenvalue weighted by molar-refractivity contribution is -0.386. The Morgan fingerprint density at radius 2 is 2.10 bits per heavy atom. The first-order valence-corrected chi connectivity index (χ1v) is 8.31. The van der Waals surface area contributed by atoms with Crippen LogP contribution in [0.25, 0.3) is 0 Å². The second-order valence-electron chi connectivity index (χ2n) is 5.56. The number of amides is 2. The quantitative estimate of drug-likeness (QED) is 0.347. The van der Waals surface area contributed by atoms with Crippen molar-refractivity contribution in [3.63, 3.8) is 0 Å². The van der Waals surface area contributed by atoms with E-state index >= 15 is 0 Å². The molecule has 2 rings (SSSR count). The summed E-state index contributed by atoms with van der Waals surface area (Å²) in [5, 5.41) is 26.8. The van der Waals surface area contributed by atoms with Crippen LogP contribution in [0.2, 0.25) is 0 Å². The summed E-state index contributed by atoms with van der Waals surface area (Å²) in [6, 6.07) is 7.33. The Balaban J connectivity index is 1.97. The van der Waals surface area contributed by atoms with E-state index in [4.69, 9.17) is 4.74 Å². The molecule has 2 amide bonds. The van der Waals surface area contributed by atoms with E-state index < -0.39 is 40.5 Å². The maximum Gasteiger partial charge on any atom is 0.315 e. The molecule has 0 aromatic heterocycles. The highest BCUT2D eigenvalue weighted by molar-refractivity contribution is 5.96. The van der Waals surface area contributed by atoms with Gasteiger partial charge in [0.1, 0.15) is 5.82 Å². The smallest absolute Gasteiger partial charge is 0.315 e. The molecule has 0 heterocycles. The topological polar surface area (TPSA) is 143 Å². The van der Waals surface area contributed by atoms with Crippen LogP contribution in [0.1, 0.15) is 22.8 Å². The summed E-state index contributed by atoms with van der Waals surface area (Å²) in [6.07, 6.45) is 1.11. The molecule has 3 N–H and O–H groups in total. The highest BCUT2D eigenvalue weighted by atomic mass is 19.1. The van der Waals surface area contributed by atoms with Gasteiger partial charge in [-0.15, -0.1) is 0 Å². The fourth-order valence-electron chi connectivity index (χ4n) is 2.20. The Hall–Kier alpha value is -4.02. The SMILES string of the molecule is CCOc1cc(/C=N/NC(=O)CNC(=O)c2cccc(F)c2)cc([N+](=O)[O-])c1O. The largest absolute Gasteiger partial charge is 0.500 e. The molecule has 152 valence electrons. The van der Waals surface area contributed by atoms with E-state index in [1.54, 1.807) is 6.92 Å². The van der Waals surface area contributed by atoms with Crippen molar-refractivity contribution >= 4 is 23.7 Å². The number of aromatic hydroxyl groups is 1. The van der Waals surface area contributed by atoms with Crippen LogP contribution in [0.15, 0.2) is 41.5 Å². The molecule has 0 unspecified atom stereocenters. The molecule has 2 aromatic carbocycles. The zero-order chi connectivity index (χ0) is 21.4. The molecular weight excluding hydrogens is 387 g/mol. The molecule has 29 heavy (non-hydrogen) atoms. The van der Waals surface area contributed by atoms with E-state index in [9.17, 15) is 29.2 Å². The summed E-state index contributed by atoms with van der Waals surface area (Å²) in [5.74, 6) is -2.61. The molecule has 2 aromatic rings. The van der Waals surface area contributed by atoms with Gasteiger partial charge in [0.2, 0.25) is 5.75 Å². The maximum absolute atomic E-state index is 13.1. The molecule has 0 radical (unpaired) electrons. The van der Waals surface area contributed by atoms with Crippen molar-refractivity contribution in [1.29, 1.82) is 0 Å². The van der Waals surface area contributed by atoms with Crippen LogP contribution in [0.3, 0.4) is 0 Å². The van der Waals surface area contributed by atoms with Crippen molar-refractivity contribution in [2.45, 2.75) is 6.92 Å². The van der Waals surface area contributed by atoms with Crippen molar-refractivity contribution in [1.82, 2.24) is 10.7 Å². The number of nitro benzene ring substituents is 1. The van der Waals surface area contributed by atoms with E-state index in [0.717, 1.165) is 18.3 Å². The van der Waals surface area contributed by atoms with Crippen LogP contribution in [-0.2, 0) is 4.79 Å². The number of hydrogen-bond acceptors (Lipinski definition) is 7. The van der Waals surface area contributed by atoms with Crippen molar-refractivity contribution in [2.75, 3.05) is 13.2 Å². The number of benzene rings is 2. The monoisotopic (exact) mass is 404 g/mol. The van der Waals surface area contributed by atoms with Gasteiger partial charge in [0.15, 0.2) is 5.75 Å². The van der Waals surface area contributed by atoms with Gasteiger partial charge in [-0.25, -0.2) is 9.82 Å². The van der Waals surface area contributed by atoms with E-state index in [2.05, 4.69) is 15.8 Å². The summed E-state index contributed by atoms with van der Waals surface area (Å²) in [5.41, 5.74) is 1.81. The molecule has 0 aliphatic rings. The van der Waals surface area contributed by atoms with Crippen molar-refractivity contribution < 1.29 is 28.7 Å². The van der Waals surface area contributed by atoms with Gasteiger partial charge in [-0.1, -0.05) is 6.07 Å². The third-order valence-electron chi connectivity index (χ3n) is 3.47. The average Bonchev–Trinajstić information content (AvgIpc) is 2.68.